The molecule has 0 saturated heterocycles. The Morgan fingerprint density at radius 2 is 2.00 bits per heavy atom. The monoisotopic (exact) mass is 281 g/mol. The Hall–Kier alpha value is -1.75. The Balaban J connectivity index is 2.30. The van der Waals surface area contributed by atoms with Crippen molar-refractivity contribution in [1.82, 2.24) is 5.32 Å². The number of rotatable bonds is 10. The third kappa shape index (κ3) is 5.48. The van der Waals surface area contributed by atoms with Gasteiger partial charge in [0.05, 0.1) is 14.2 Å². The van der Waals surface area contributed by atoms with E-state index in [4.69, 9.17) is 14.6 Å². The van der Waals surface area contributed by atoms with Crippen LogP contribution in [0.25, 0.3) is 0 Å². The van der Waals surface area contributed by atoms with Crippen molar-refractivity contribution in [2.45, 2.75) is 32.2 Å². The van der Waals surface area contributed by atoms with Crippen LogP contribution >= 0.6 is 0 Å². The molecule has 1 aromatic carbocycles. The molecular formula is C15H23NO4. The molecule has 112 valence electrons. The highest BCUT2D eigenvalue weighted by molar-refractivity contribution is 5.66. The van der Waals surface area contributed by atoms with Gasteiger partial charge in [0.1, 0.15) is 0 Å². The molecule has 0 saturated carbocycles. The number of hydrogen-bond donors (Lipinski definition) is 2. The van der Waals surface area contributed by atoms with E-state index >= 15 is 0 Å². The van der Waals surface area contributed by atoms with E-state index in [-0.39, 0.29) is 6.42 Å². The predicted octanol–water partition coefficient (Wildman–Crippen LogP) is 2.44. The molecule has 20 heavy (non-hydrogen) atoms. The summed E-state index contributed by atoms with van der Waals surface area (Å²) in [5.41, 5.74) is 1.05. The molecule has 0 aliphatic rings. The van der Waals surface area contributed by atoms with Crippen molar-refractivity contribution in [3.8, 4) is 11.5 Å². The standard InChI is InChI=1S/C15H23NO4/c1-19-13-8-6-7-12(15(13)20-2)11-16-10-5-3-4-9-14(17)18/h6-8,16H,3-5,9-11H2,1-2H3,(H,17,18). The number of carboxylic acid groups (broad SMARTS) is 1. The number of unbranched alkanes of at least 4 members (excludes halogenated alkanes) is 2. The molecule has 0 bridgehead atoms. The Morgan fingerprint density at radius 1 is 1.20 bits per heavy atom. The number of aliphatic carboxylic acids is 1. The van der Waals surface area contributed by atoms with E-state index in [0.29, 0.717) is 6.54 Å². The molecule has 0 aliphatic heterocycles. The number of benzene rings is 1. The fourth-order valence-corrected chi connectivity index (χ4v) is 2.02. The molecule has 1 rings (SSSR count). The summed E-state index contributed by atoms with van der Waals surface area (Å²) < 4.78 is 10.6. The lowest BCUT2D eigenvalue weighted by Gasteiger charge is -2.13. The first-order chi connectivity index (χ1) is 9.69. The Kier molecular flexibility index (Phi) is 7.50. The van der Waals surface area contributed by atoms with Gasteiger partial charge in [-0.1, -0.05) is 18.6 Å². The zero-order valence-electron chi connectivity index (χ0n) is 12.1. The zero-order valence-corrected chi connectivity index (χ0v) is 12.1. The minimum atomic E-state index is -0.723. The summed E-state index contributed by atoms with van der Waals surface area (Å²) in [7, 11) is 3.25. The quantitative estimate of drug-likeness (QED) is 0.645. The highest BCUT2D eigenvalue weighted by Crippen LogP contribution is 2.30. The molecule has 0 atom stereocenters. The maximum absolute atomic E-state index is 10.4. The van der Waals surface area contributed by atoms with Crippen molar-refractivity contribution in [3.63, 3.8) is 0 Å². The smallest absolute Gasteiger partial charge is 0.303 e. The summed E-state index contributed by atoms with van der Waals surface area (Å²) in [6.07, 6.45) is 2.89. The van der Waals surface area contributed by atoms with E-state index < -0.39 is 5.97 Å². The highest BCUT2D eigenvalue weighted by Gasteiger charge is 2.08. The second-order valence-corrected chi connectivity index (χ2v) is 4.53. The fraction of sp³-hybridized carbons (Fsp3) is 0.533. The van der Waals surface area contributed by atoms with Gasteiger partial charge in [-0.3, -0.25) is 4.79 Å². The van der Waals surface area contributed by atoms with E-state index in [9.17, 15) is 4.79 Å². The number of para-hydroxylation sites is 1. The van der Waals surface area contributed by atoms with Gasteiger partial charge in [0.25, 0.3) is 0 Å². The largest absolute Gasteiger partial charge is 0.493 e. The maximum Gasteiger partial charge on any atom is 0.303 e. The molecule has 0 amide bonds. The average molecular weight is 281 g/mol. The molecule has 5 nitrogen and oxygen atoms in total. The van der Waals surface area contributed by atoms with Crippen molar-refractivity contribution in [2.24, 2.45) is 0 Å². The third-order valence-electron chi connectivity index (χ3n) is 3.04. The number of nitrogens with one attached hydrogen (secondary N) is 1. The van der Waals surface area contributed by atoms with Crippen LogP contribution in [0.2, 0.25) is 0 Å². The van der Waals surface area contributed by atoms with Gasteiger partial charge in [0.2, 0.25) is 0 Å². The average Bonchev–Trinajstić information content (AvgIpc) is 2.45. The van der Waals surface area contributed by atoms with Crippen molar-refractivity contribution in [2.75, 3.05) is 20.8 Å². The van der Waals surface area contributed by atoms with Crippen LogP contribution in [-0.4, -0.2) is 31.8 Å². The lowest BCUT2D eigenvalue weighted by atomic mass is 10.1. The summed E-state index contributed by atoms with van der Waals surface area (Å²) in [5, 5.41) is 11.9. The predicted molar refractivity (Wildman–Crippen MR) is 77.4 cm³/mol. The molecular weight excluding hydrogens is 258 g/mol. The first-order valence-electron chi connectivity index (χ1n) is 6.81. The molecule has 0 spiro atoms. The summed E-state index contributed by atoms with van der Waals surface area (Å²) >= 11 is 0. The van der Waals surface area contributed by atoms with Crippen LogP contribution in [0.1, 0.15) is 31.2 Å². The first-order valence-corrected chi connectivity index (χ1v) is 6.81. The van der Waals surface area contributed by atoms with Gasteiger partial charge in [-0.05, 0) is 25.5 Å². The number of methoxy groups -OCH3 is 2. The van der Waals surface area contributed by atoms with E-state index in [1.54, 1.807) is 14.2 Å². The lowest BCUT2D eigenvalue weighted by Crippen LogP contribution is -2.15. The van der Waals surface area contributed by atoms with E-state index in [2.05, 4.69) is 5.32 Å². The second kappa shape index (κ2) is 9.20. The molecule has 2 N–H and O–H groups in total. The molecule has 0 fully saturated rings. The minimum Gasteiger partial charge on any atom is -0.493 e. The third-order valence-corrected chi connectivity index (χ3v) is 3.04. The van der Waals surface area contributed by atoms with Gasteiger partial charge in [0.15, 0.2) is 11.5 Å². The summed E-state index contributed by atoms with van der Waals surface area (Å²) in [4.78, 5) is 10.4. The lowest BCUT2D eigenvalue weighted by molar-refractivity contribution is -0.137. The Labute approximate surface area is 119 Å². The van der Waals surface area contributed by atoms with Crippen LogP contribution in [0.3, 0.4) is 0 Å². The van der Waals surface area contributed by atoms with Crippen molar-refractivity contribution in [3.05, 3.63) is 23.8 Å². The Morgan fingerprint density at radius 3 is 2.65 bits per heavy atom. The zero-order chi connectivity index (χ0) is 14.8. The normalized spacial score (nSPS) is 10.3. The summed E-state index contributed by atoms with van der Waals surface area (Å²) in [5.74, 6) is 0.765. The van der Waals surface area contributed by atoms with Crippen molar-refractivity contribution < 1.29 is 19.4 Å². The van der Waals surface area contributed by atoms with Crippen LogP contribution in [0, 0.1) is 0 Å². The SMILES string of the molecule is COc1cccc(CNCCCCCC(=O)O)c1OC. The van der Waals surface area contributed by atoms with Gasteiger partial charge in [-0.2, -0.15) is 0 Å². The number of hydrogen-bond acceptors (Lipinski definition) is 4. The highest BCUT2D eigenvalue weighted by atomic mass is 16.5. The summed E-state index contributed by atoms with van der Waals surface area (Å²) in [6.45, 7) is 1.57. The molecule has 5 heteroatoms. The Bertz CT molecular complexity index is 420. The fourth-order valence-electron chi connectivity index (χ4n) is 2.02. The van der Waals surface area contributed by atoms with E-state index in [1.807, 2.05) is 18.2 Å². The van der Waals surface area contributed by atoms with E-state index in [0.717, 1.165) is 42.9 Å². The van der Waals surface area contributed by atoms with Gasteiger partial charge < -0.3 is 19.9 Å². The summed E-state index contributed by atoms with van der Waals surface area (Å²) in [6, 6.07) is 5.80. The van der Waals surface area contributed by atoms with Crippen LogP contribution < -0.4 is 14.8 Å². The number of ether oxygens (including phenoxy) is 2. The minimum absolute atomic E-state index is 0.254. The van der Waals surface area contributed by atoms with Gasteiger partial charge in [-0.25, -0.2) is 0 Å². The number of carboxylic acids is 1. The topological polar surface area (TPSA) is 67.8 Å². The maximum atomic E-state index is 10.4. The molecule has 0 heterocycles. The molecule has 0 unspecified atom stereocenters. The van der Waals surface area contributed by atoms with Crippen molar-refractivity contribution in [1.29, 1.82) is 0 Å². The molecule has 0 aromatic heterocycles. The first kappa shape index (κ1) is 16.3. The van der Waals surface area contributed by atoms with Crippen LogP contribution in [0.15, 0.2) is 18.2 Å². The van der Waals surface area contributed by atoms with E-state index in [1.165, 1.54) is 0 Å². The van der Waals surface area contributed by atoms with Crippen molar-refractivity contribution >= 4 is 5.97 Å². The van der Waals surface area contributed by atoms with Crippen LogP contribution in [0.4, 0.5) is 0 Å². The van der Waals surface area contributed by atoms with Gasteiger partial charge in [0, 0.05) is 18.5 Å². The van der Waals surface area contributed by atoms with Gasteiger partial charge >= 0.3 is 5.97 Å². The van der Waals surface area contributed by atoms with Crippen LogP contribution in [0.5, 0.6) is 11.5 Å². The molecule has 1 aromatic rings. The van der Waals surface area contributed by atoms with Crippen LogP contribution in [-0.2, 0) is 11.3 Å². The molecule has 0 radical (unpaired) electrons. The van der Waals surface area contributed by atoms with Gasteiger partial charge in [-0.15, -0.1) is 0 Å². The second-order valence-electron chi connectivity index (χ2n) is 4.53. The number of carbonyl (C=O) groups is 1. The molecule has 0 aliphatic carbocycles.